The Morgan fingerprint density at radius 2 is 1.43 bits per heavy atom. The number of aryl methyl sites for hydroxylation is 1. The number of unbranched alkanes of at least 4 members (excludes halogenated alkanes) is 1. The molecule has 0 N–H and O–H groups in total. The van der Waals surface area contributed by atoms with E-state index in [9.17, 15) is 8.78 Å². The molecule has 1 aromatic carbocycles. The molecule has 0 aromatic heterocycles. The summed E-state index contributed by atoms with van der Waals surface area (Å²) in [5.74, 6) is 0.883. The maximum absolute atomic E-state index is 14.6. The van der Waals surface area contributed by atoms with E-state index in [2.05, 4.69) is 6.92 Å². The monoisotopic (exact) mass is 434 g/mol. The Bertz CT molecular complexity index is 628. The Morgan fingerprint density at radius 3 is 2.03 bits per heavy atom. The molecular weight excluding hydrogens is 390 g/mol. The van der Waals surface area contributed by atoms with Crippen molar-refractivity contribution in [2.75, 3.05) is 0 Å². The molecule has 1 aliphatic heterocycles. The Hall–Kier alpha value is -0.703. The number of halogens is 2. The van der Waals surface area contributed by atoms with Crippen LogP contribution in [-0.4, -0.2) is 8.80 Å². The van der Waals surface area contributed by atoms with Crippen LogP contribution in [-0.2, 0) is 6.42 Å². The smallest absolute Gasteiger partial charge is 0.162 e. The summed E-state index contributed by atoms with van der Waals surface area (Å²) in [5.41, 5.74) is 1.17. The quantitative estimate of drug-likeness (QED) is 0.255. The molecule has 170 valence electrons. The highest BCUT2D eigenvalue weighted by molar-refractivity contribution is 6.58. The first-order chi connectivity index (χ1) is 14.6. The molecule has 2 fully saturated rings. The van der Waals surface area contributed by atoms with Gasteiger partial charge in [-0.1, -0.05) is 95.5 Å². The Balaban J connectivity index is 1.34. The van der Waals surface area contributed by atoms with E-state index in [-0.39, 0.29) is 14.7 Å². The fraction of sp³-hybridized carbons (Fsp3) is 0.778. The number of hydrogen-bond acceptors (Lipinski definition) is 0. The van der Waals surface area contributed by atoms with Crippen molar-refractivity contribution in [3.63, 3.8) is 0 Å². The fourth-order valence-corrected chi connectivity index (χ4v) is 9.80. The lowest BCUT2D eigenvalue weighted by Crippen LogP contribution is -2.21. The summed E-state index contributed by atoms with van der Waals surface area (Å²) in [6, 6.07) is 8.49. The van der Waals surface area contributed by atoms with Crippen LogP contribution in [0.2, 0.25) is 18.1 Å². The van der Waals surface area contributed by atoms with Crippen molar-refractivity contribution < 1.29 is 8.78 Å². The van der Waals surface area contributed by atoms with Gasteiger partial charge in [0.1, 0.15) is 0 Å². The molecule has 1 saturated carbocycles. The van der Waals surface area contributed by atoms with E-state index in [1.54, 1.807) is 18.1 Å². The van der Waals surface area contributed by atoms with Gasteiger partial charge >= 0.3 is 0 Å². The van der Waals surface area contributed by atoms with Crippen molar-refractivity contribution in [1.29, 1.82) is 0 Å². The molecule has 0 atom stereocenters. The fourth-order valence-electron chi connectivity index (χ4n) is 6.23. The van der Waals surface area contributed by atoms with Crippen molar-refractivity contribution in [1.82, 2.24) is 0 Å². The van der Waals surface area contributed by atoms with Crippen LogP contribution in [0.4, 0.5) is 8.78 Å². The lowest BCUT2D eigenvalue weighted by Gasteiger charge is -2.30. The number of rotatable bonds is 10. The van der Waals surface area contributed by atoms with E-state index in [0.717, 1.165) is 31.1 Å². The van der Waals surface area contributed by atoms with Crippen molar-refractivity contribution in [3.05, 3.63) is 34.9 Å². The molecule has 30 heavy (non-hydrogen) atoms. The van der Waals surface area contributed by atoms with Crippen LogP contribution in [0.5, 0.6) is 0 Å². The zero-order chi connectivity index (χ0) is 21.3. The van der Waals surface area contributed by atoms with Crippen LogP contribution in [0.1, 0.15) is 108 Å². The third kappa shape index (κ3) is 6.65. The molecule has 2 aliphatic rings. The van der Waals surface area contributed by atoms with Gasteiger partial charge in [-0.2, -0.15) is 0 Å². The summed E-state index contributed by atoms with van der Waals surface area (Å²) in [6.07, 6.45) is 16.0. The predicted octanol–water partition coefficient (Wildman–Crippen LogP) is 8.80. The van der Waals surface area contributed by atoms with Crippen LogP contribution in [0, 0.1) is 23.5 Å². The standard InChI is InChI=1S/C27H44F2Si/c1-3-7-24-14-15-25(27(29)26(24)28)23-12-10-21(11-13-23)8-5-6-9-22-16-19-30(18-4-2)20-17-22/h14-15,21-23,30H,3-13,16-20H2,1-2H3/t21-,22?,23-,30?. The predicted molar refractivity (Wildman–Crippen MR) is 128 cm³/mol. The van der Waals surface area contributed by atoms with Gasteiger partial charge in [0.25, 0.3) is 0 Å². The highest BCUT2D eigenvalue weighted by Gasteiger charge is 2.26. The summed E-state index contributed by atoms with van der Waals surface area (Å²) in [7, 11) is -0.325. The van der Waals surface area contributed by atoms with Gasteiger partial charge in [-0.3, -0.25) is 0 Å². The Labute approximate surface area is 185 Å². The molecule has 0 radical (unpaired) electrons. The van der Waals surface area contributed by atoms with E-state index in [1.807, 2.05) is 19.1 Å². The minimum absolute atomic E-state index is 0.217. The second-order valence-corrected chi connectivity index (χ2v) is 13.8. The van der Waals surface area contributed by atoms with Crippen LogP contribution in [0.15, 0.2) is 12.1 Å². The average Bonchev–Trinajstić information content (AvgIpc) is 2.77. The summed E-state index contributed by atoms with van der Waals surface area (Å²) in [4.78, 5) is 0. The molecule has 1 saturated heterocycles. The highest BCUT2D eigenvalue weighted by atomic mass is 28.3. The van der Waals surface area contributed by atoms with Crippen molar-refractivity contribution >= 4 is 8.80 Å². The topological polar surface area (TPSA) is 0 Å². The van der Waals surface area contributed by atoms with Gasteiger partial charge in [0, 0.05) is 8.80 Å². The van der Waals surface area contributed by atoms with E-state index < -0.39 is 11.6 Å². The zero-order valence-electron chi connectivity index (χ0n) is 19.5. The SMILES string of the molecule is CCCc1ccc([C@H]2CC[C@H](CCCCC3CC[SiH](CCC)CC3)CC2)c(F)c1F. The molecule has 0 spiro atoms. The minimum atomic E-state index is -0.595. The molecule has 0 unspecified atom stereocenters. The first-order valence-corrected chi connectivity index (χ1v) is 15.5. The summed E-state index contributed by atoms with van der Waals surface area (Å²) in [6.45, 7) is 4.36. The van der Waals surface area contributed by atoms with E-state index in [1.165, 1.54) is 57.8 Å². The molecule has 3 heteroatoms. The molecule has 0 bridgehead atoms. The number of hydrogen-bond donors (Lipinski definition) is 0. The van der Waals surface area contributed by atoms with Crippen molar-refractivity contribution in [2.45, 2.75) is 121 Å². The highest BCUT2D eigenvalue weighted by Crippen LogP contribution is 2.40. The van der Waals surface area contributed by atoms with Crippen LogP contribution in [0.25, 0.3) is 0 Å². The van der Waals surface area contributed by atoms with E-state index in [4.69, 9.17) is 0 Å². The van der Waals surface area contributed by atoms with Crippen molar-refractivity contribution in [3.8, 4) is 0 Å². The third-order valence-electron chi connectivity index (χ3n) is 8.14. The maximum Gasteiger partial charge on any atom is 0.162 e. The molecule has 3 rings (SSSR count). The Kier molecular flexibility index (Phi) is 9.87. The summed E-state index contributed by atoms with van der Waals surface area (Å²) >= 11 is 0. The first-order valence-electron chi connectivity index (χ1n) is 13.1. The molecule has 0 nitrogen and oxygen atoms in total. The molecule has 1 aromatic rings. The maximum atomic E-state index is 14.6. The van der Waals surface area contributed by atoms with Crippen LogP contribution in [0.3, 0.4) is 0 Å². The normalized spacial score (nSPS) is 27.3. The minimum Gasteiger partial charge on any atom is -0.203 e. The van der Waals surface area contributed by atoms with Crippen LogP contribution < -0.4 is 0 Å². The third-order valence-corrected chi connectivity index (χ3v) is 11.8. The largest absolute Gasteiger partial charge is 0.203 e. The van der Waals surface area contributed by atoms with Gasteiger partial charge < -0.3 is 0 Å². The van der Waals surface area contributed by atoms with Crippen molar-refractivity contribution in [2.24, 2.45) is 11.8 Å². The second kappa shape index (κ2) is 12.4. The molecule has 0 amide bonds. The molecule has 1 heterocycles. The summed E-state index contributed by atoms with van der Waals surface area (Å²) in [5, 5.41) is 0. The van der Waals surface area contributed by atoms with Crippen LogP contribution >= 0.6 is 0 Å². The van der Waals surface area contributed by atoms with E-state index >= 15 is 0 Å². The Morgan fingerprint density at radius 1 is 0.800 bits per heavy atom. The van der Waals surface area contributed by atoms with Gasteiger partial charge in [0.2, 0.25) is 0 Å². The van der Waals surface area contributed by atoms with Gasteiger partial charge in [-0.25, -0.2) is 8.78 Å². The van der Waals surface area contributed by atoms with E-state index in [0.29, 0.717) is 17.5 Å². The number of benzene rings is 1. The van der Waals surface area contributed by atoms with Gasteiger partial charge in [-0.05, 0) is 61.0 Å². The molecular formula is C27H44F2Si. The van der Waals surface area contributed by atoms with Gasteiger partial charge in [-0.15, -0.1) is 0 Å². The van der Waals surface area contributed by atoms with Gasteiger partial charge in [0.15, 0.2) is 11.6 Å². The average molecular weight is 435 g/mol. The second-order valence-electron chi connectivity index (χ2n) is 10.4. The van der Waals surface area contributed by atoms with Gasteiger partial charge in [0.05, 0.1) is 0 Å². The zero-order valence-corrected chi connectivity index (χ0v) is 20.7. The lowest BCUT2D eigenvalue weighted by molar-refractivity contribution is 0.292. The first kappa shape index (κ1) is 23.9. The lowest BCUT2D eigenvalue weighted by atomic mass is 9.76. The summed E-state index contributed by atoms with van der Waals surface area (Å²) < 4.78 is 28.9. The molecule has 1 aliphatic carbocycles.